The van der Waals surface area contributed by atoms with Gasteiger partial charge in [-0.25, -0.2) is 0 Å². The molecule has 0 aliphatic rings. The number of hydrogen-bond acceptors (Lipinski definition) is 3. The zero-order chi connectivity index (χ0) is 15.7. The molecule has 0 bridgehead atoms. The van der Waals surface area contributed by atoms with Crippen LogP contribution in [0.15, 0.2) is 24.3 Å². The highest BCUT2D eigenvalue weighted by molar-refractivity contribution is 6.30. The van der Waals surface area contributed by atoms with Gasteiger partial charge in [0, 0.05) is 36.8 Å². The van der Waals surface area contributed by atoms with Crippen LogP contribution in [0.1, 0.15) is 45.2 Å². The van der Waals surface area contributed by atoms with Gasteiger partial charge in [0.05, 0.1) is 0 Å². The molecule has 0 aromatic heterocycles. The van der Waals surface area contributed by atoms with Crippen molar-refractivity contribution in [2.75, 3.05) is 26.2 Å². The van der Waals surface area contributed by atoms with Gasteiger partial charge in [0.25, 0.3) is 0 Å². The molecular formula is C17H29ClN2O. The van der Waals surface area contributed by atoms with Crippen molar-refractivity contribution < 1.29 is 5.11 Å². The van der Waals surface area contributed by atoms with E-state index in [9.17, 15) is 0 Å². The van der Waals surface area contributed by atoms with E-state index in [0.29, 0.717) is 12.1 Å². The molecule has 0 fully saturated rings. The van der Waals surface area contributed by atoms with Crippen molar-refractivity contribution >= 4 is 11.6 Å². The molecule has 0 amide bonds. The van der Waals surface area contributed by atoms with Crippen molar-refractivity contribution in [3.8, 4) is 0 Å². The standard InChI is InChI=1S/C17H29ClN2O/c1-4-19-17(15-7-5-8-16(18)13-15)9-11-20(14(2)3)10-6-12-21/h5,7-8,13-14,17,19,21H,4,6,9-12H2,1-3H3. The van der Waals surface area contributed by atoms with Gasteiger partial charge in [0.15, 0.2) is 0 Å². The van der Waals surface area contributed by atoms with E-state index in [-0.39, 0.29) is 6.61 Å². The van der Waals surface area contributed by atoms with E-state index in [4.69, 9.17) is 16.7 Å². The smallest absolute Gasteiger partial charge is 0.0443 e. The Labute approximate surface area is 134 Å². The molecule has 0 heterocycles. The molecule has 0 radical (unpaired) electrons. The second-order valence-corrected chi connectivity index (χ2v) is 6.10. The molecule has 2 N–H and O–H groups in total. The summed E-state index contributed by atoms with van der Waals surface area (Å²) in [4.78, 5) is 2.42. The molecule has 0 aliphatic heterocycles. The number of nitrogens with zero attached hydrogens (tertiary/aromatic N) is 1. The molecule has 21 heavy (non-hydrogen) atoms. The number of rotatable bonds is 10. The second kappa shape index (κ2) is 10.2. The van der Waals surface area contributed by atoms with Gasteiger partial charge in [-0.1, -0.05) is 30.7 Å². The topological polar surface area (TPSA) is 35.5 Å². The predicted molar refractivity (Wildman–Crippen MR) is 90.9 cm³/mol. The van der Waals surface area contributed by atoms with Crippen LogP contribution in [-0.2, 0) is 0 Å². The van der Waals surface area contributed by atoms with Crippen molar-refractivity contribution in [3.63, 3.8) is 0 Å². The summed E-state index contributed by atoms with van der Waals surface area (Å²) in [6, 6.07) is 8.92. The molecule has 120 valence electrons. The Hall–Kier alpha value is -0.610. The van der Waals surface area contributed by atoms with Crippen LogP contribution in [-0.4, -0.2) is 42.3 Å². The van der Waals surface area contributed by atoms with Crippen LogP contribution < -0.4 is 5.32 Å². The zero-order valence-electron chi connectivity index (χ0n) is 13.5. The molecule has 0 spiro atoms. The van der Waals surface area contributed by atoms with Crippen LogP contribution in [0.25, 0.3) is 0 Å². The highest BCUT2D eigenvalue weighted by atomic mass is 35.5. The minimum atomic E-state index is 0.258. The SMILES string of the molecule is CCNC(CCN(CCCO)C(C)C)c1cccc(Cl)c1. The number of hydrogen-bond donors (Lipinski definition) is 2. The van der Waals surface area contributed by atoms with Crippen LogP contribution in [0.4, 0.5) is 0 Å². The molecule has 1 aromatic carbocycles. The highest BCUT2D eigenvalue weighted by Crippen LogP contribution is 2.21. The molecule has 0 saturated carbocycles. The van der Waals surface area contributed by atoms with Crippen LogP contribution in [0, 0.1) is 0 Å². The normalized spacial score (nSPS) is 13.1. The van der Waals surface area contributed by atoms with Crippen molar-refractivity contribution in [2.24, 2.45) is 0 Å². The minimum absolute atomic E-state index is 0.258. The van der Waals surface area contributed by atoms with E-state index in [0.717, 1.165) is 37.5 Å². The van der Waals surface area contributed by atoms with Gasteiger partial charge in [-0.15, -0.1) is 0 Å². The predicted octanol–water partition coefficient (Wildman–Crippen LogP) is 3.47. The number of aliphatic hydroxyl groups excluding tert-OH is 1. The molecule has 1 unspecified atom stereocenters. The lowest BCUT2D eigenvalue weighted by Gasteiger charge is -2.29. The Morgan fingerprint density at radius 3 is 2.62 bits per heavy atom. The summed E-state index contributed by atoms with van der Waals surface area (Å²) < 4.78 is 0. The molecular weight excluding hydrogens is 284 g/mol. The Kier molecular flexibility index (Phi) is 8.93. The fourth-order valence-electron chi connectivity index (χ4n) is 2.55. The van der Waals surface area contributed by atoms with Crippen molar-refractivity contribution in [2.45, 2.75) is 45.7 Å². The maximum atomic E-state index is 9.01. The molecule has 4 heteroatoms. The van der Waals surface area contributed by atoms with Crippen LogP contribution >= 0.6 is 11.6 Å². The third-order valence-electron chi connectivity index (χ3n) is 3.74. The largest absolute Gasteiger partial charge is 0.396 e. The van der Waals surface area contributed by atoms with E-state index in [1.54, 1.807) is 0 Å². The van der Waals surface area contributed by atoms with Gasteiger partial charge in [-0.3, -0.25) is 0 Å². The number of aliphatic hydroxyl groups is 1. The molecule has 1 rings (SSSR count). The summed E-state index contributed by atoms with van der Waals surface area (Å²) in [5.74, 6) is 0. The minimum Gasteiger partial charge on any atom is -0.396 e. The molecule has 0 aliphatic carbocycles. The third kappa shape index (κ3) is 6.79. The summed E-state index contributed by atoms with van der Waals surface area (Å²) in [6.07, 6.45) is 1.87. The van der Waals surface area contributed by atoms with Gasteiger partial charge in [-0.05, 0) is 50.9 Å². The van der Waals surface area contributed by atoms with E-state index in [1.165, 1.54) is 5.56 Å². The lowest BCUT2D eigenvalue weighted by atomic mass is 10.0. The van der Waals surface area contributed by atoms with Gasteiger partial charge in [-0.2, -0.15) is 0 Å². The summed E-state index contributed by atoms with van der Waals surface area (Å²) in [5, 5.41) is 13.3. The van der Waals surface area contributed by atoms with Gasteiger partial charge >= 0.3 is 0 Å². The van der Waals surface area contributed by atoms with Crippen molar-refractivity contribution in [3.05, 3.63) is 34.9 Å². The monoisotopic (exact) mass is 312 g/mol. The first-order valence-corrected chi connectivity index (χ1v) is 8.30. The lowest BCUT2D eigenvalue weighted by Crippen LogP contribution is -2.35. The first-order chi connectivity index (χ1) is 10.1. The van der Waals surface area contributed by atoms with E-state index in [1.807, 2.05) is 18.2 Å². The summed E-state index contributed by atoms with van der Waals surface area (Å²) >= 11 is 6.10. The van der Waals surface area contributed by atoms with Gasteiger partial charge in [0.1, 0.15) is 0 Å². The molecule has 0 saturated heterocycles. The first kappa shape index (κ1) is 18.4. The average molecular weight is 313 g/mol. The molecule has 1 atom stereocenters. The maximum absolute atomic E-state index is 9.01. The van der Waals surface area contributed by atoms with E-state index >= 15 is 0 Å². The number of benzene rings is 1. The molecule has 1 aromatic rings. The van der Waals surface area contributed by atoms with Crippen LogP contribution in [0.2, 0.25) is 5.02 Å². The van der Waals surface area contributed by atoms with Gasteiger partial charge < -0.3 is 15.3 Å². The third-order valence-corrected chi connectivity index (χ3v) is 3.98. The summed E-state index contributed by atoms with van der Waals surface area (Å²) in [6.45, 7) is 9.70. The lowest BCUT2D eigenvalue weighted by molar-refractivity contribution is 0.184. The fourth-order valence-corrected chi connectivity index (χ4v) is 2.75. The fraction of sp³-hybridized carbons (Fsp3) is 0.647. The highest BCUT2D eigenvalue weighted by Gasteiger charge is 2.15. The van der Waals surface area contributed by atoms with Crippen molar-refractivity contribution in [1.29, 1.82) is 0 Å². The van der Waals surface area contributed by atoms with E-state index < -0.39 is 0 Å². The molecule has 3 nitrogen and oxygen atoms in total. The Morgan fingerprint density at radius 2 is 2.05 bits per heavy atom. The Balaban J connectivity index is 2.65. The summed E-state index contributed by atoms with van der Waals surface area (Å²) in [7, 11) is 0. The van der Waals surface area contributed by atoms with Crippen molar-refractivity contribution in [1.82, 2.24) is 10.2 Å². The second-order valence-electron chi connectivity index (χ2n) is 5.66. The quantitative estimate of drug-likeness (QED) is 0.694. The van der Waals surface area contributed by atoms with Crippen LogP contribution in [0.3, 0.4) is 0 Å². The van der Waals surface area contributed by atoms with E-state index in [2.05, 4.69) is 37.1 Å². The average Bonchev–Trinajstić information content (AvgIpc) is 2.45. The Morgan fingerprint density at radius 1 is 1.29 bits per heavy atom. The summed E-state index contributed by atoms with van der Waals surface area (Å²) in [5.41, 5.74) is 1.25. The number of nitrogens with one attached hydrogen (secondary N) is 1. The first-order valence-electron chi connectivity index (χ1n) is 7.92. The van der Waals surface area contributed by atoms with Gasteiger partial charge in [0.2, 0.25) is 0 Å². The maximum Gasteiger partial charge on any atom is 0.0443 e. The number of halogens is 1. The van der Waals surface area contributed by atoms with Crippen LogP contribution in [0.5, 0.6) is 0 Å². The Bertz CT molecular complexity index is 398. The zero-order valence-corrected chi connectivity index (χ0v) is 14.2.